The number of benzene rings is 1. The molecule has 0 spiro atoms. The Morgan fingerprint density at radius 1 is 1.25 bits per heavy atom. The van der Waals surface area contributed by atoms with Crippen LogP contribution in [0.25, 0.3) is 0 Å². The van der Waals surface area contributed by atoms with Crippen LogP contribution in [0.5, 0.6) is 0 Å². The highest BCUT2D eigenvalue weighted by atomic mass is 16.5. The van der Waals surface area contributed by atoms with E-state index in [0.29, 0.717) is 6.54 Å². The molecule has 2 nitrogen and oxygen atoms in total. The Kier molecular flexibility index (Phi) is 6.06. The van der Waals surface area contributed by atoms with Crippen LogP contribution in [-0.2, 0) is 11.2 Å². The lowest BCUT2D eigenvalue weighted by Gasteiger charge is -2.39. The Morgan fingerprint density at radius 2 is 2.05 bits per heavy atom. The van der Waals surface area contributed by atoms with Crippen LogP contribution in [0.4, 0.5) is 0 Å². The molecule has 2 N–H and O–H groups in total. The zero-order valence-electron chi connectivity index (χ0n) is 12.8. The predicted molar refractivity (Wildman–Crippen MR) is 84.7 cm³/mol. The van der Waals surface area contributed by atoms with E-state index in [9.17, 15) is 0 Å². The van der Waals surface area contributed by atoms with E-state index in [0.717, 1.165) is 38.2 Å². The topological polar surface area (TPSA) is 35.2 Å². The van der Waals surface area contributed by atoms with E-state index in [4.69, 9.17) is 10.5 Å². The van der Waals surface area contributed by atoms with Crippen LogP contribution in [0.2, 0.25) is 0 Å². The molecule has 1 aliphatic carbocycles. The van der Waals surface area contributed by atoms with Crippen LogP contribution < -0.4 is 5.73 Å². The minimum absolute atomic E-state index is 0.0234. The standard InChI is InChI=1S/C18H29NO/c1-16-8-7-12-18(14-16,15-19)20-13-6-5-11-17-9-3-2-4-10-17/h2-4,9-10,16H,5-8,11-15,19H2,1H3. The van der Waals surface area contributed by atoms with Crippen LogP contribution in [0.15, 0.2) is 30.3 Å². The van der Waals surface area contributed by atoms with Crippen molar-refractivity contribution in [3.63, 3.8) is 0 Å². The van der Waals surface area contributed by atoms with Crippen molar-refractivity contribution >= 4 is 0 Å². The van der Waals surface area contributed by atoms with Gasteiger partial charge in [0.05, 0.1) is 5.60 Å². The molecule has 0 bridgehead atoms. The van der Waals surface area contributed by atoms with Crippen LogP contribution in [0, 0.1) is 5.92 Å². The fraction of sp³-hybridized carbons (Fsp3) is 0.667. The highest BCUT2D eigenvalue weighted by molar-refractivity contribution is 5.14. The summed E-state index contributed by atoms with van der Waals surface area (Å²) in [6.07, 6.45) is 8.36. The Morgan fingerprint density at radius 3 is 2.75 bits per heavy atom. The van der Waals surface area contributed by atoms with Gasteiger partial charge in [-0.2, -0.15) is 0 Å². The van der Waals surface area contributed by atoms with E-state index in [1.54, 1.807) is 0 Å². The summed E-state index contributed by atoms with van der Waals surface area (Å²) in [7, 11) is 0. The molecule has 1 fully saturated rings. The number of aryl methyl sites for hydroxylation is 1. The van der Waals surface area contributed by atoms with Gasteiger partial charge in [0.1, 0.15) is 0 Å². The molecule has 2 heteroatoms. The predicted octanol–water partition coefficient (Wildman–Crippen LogP) is 3.93. The fourth-order valence-corrected chi connectivity index (χ4v) is 3.35. The molecule has 0 aliphatic heterocycles. The van der Waals surface area contributed by atoms with E-state index >= 15 is 0 Å². The quantitative estimate of drug-likeness (QED) is 0.765. The number of hydrogen-bond donors (Lipinski definition) is 1. The third kappa shape index (κ3) is 4.60. The van der Waals surface area contributed by atoms with Gasteiger partial charge in [-0.15, -0.1) is 0 Å². The average Bonchev–Trinajstić information content (AvgIpc) is 2.48. The maximum atomic E-state index is 6.20. The Hall–Kier alpha value is -0.860. The van der Waals surface area contributed by atoms with Crippen LogP contribution in [0.1, 0.15) is 51.0 Å². The monoisotopic (exact) mass is 275 g/mol. The van der Waals surface area contributed by atoms with Crippen LogP contribution in [0.3, 0.4) is 0 Å². The summed E-state index contributed by atoms with van der Waals surface area (Å²) in [5.41, 5.74) is 7.38. The van der Waals surface area contributed by atoms with E-state index in [2.05, 4.69) is 37.3 Å². The van der Waals surface area contributed by atoms with Gasteiger partial charge < -0.3 is 10.5 Å². The maximum absolute atomic E-state index is 6.20. The third-order valence-corrected chi connectivity index (χ3v) is 4.53. The first-order valence-corrected chi connectivity index (χ1v) is 8.12. The van der Waals surface area contributed by atoms with Gasteiger partial charge in [-0.25, -0.2) is 0 Å². The van der Waals surface area contributed by atoms with Crippen molar-refractivity contribution in [2.24, 2.45) is 11.7 Å². The molecule has 0 radical (unpaired) electrons. The molecule has 2 atom stereocenters. The van der Waals surface area contributed by atoms with Crippen molar-refractivity contribution in [1.29, 1.82) is 0 Å². The summed E-state index contributed by atoms with van der Waals surface area (Å²) >= 11 is 0. The molecule has 1 aliphatic rings. The van der Waals surface area contributed by atoms with Crippen molar-refractivity contribution in [1.82, 2.24) is 0 Å². The van der Waals surface area contributed by atoms with E-state index in [-0.39, 0.29) is 5.60 Å². The minimum atomic E-state index is -0.0234. The van der Waals surface area contributed by atoms with Gasteiger partial charge in [-0.1, -0.05) is 50.1 Å². The third-order valence-electron chi connectivity index (χ3n) is 4.53. The number of unbranched alkanes of at least 4 members (excludes halogenated alkanes) is 1. The number of nitrogens with two attached hydrogens (primary N) is 1. The Bertz CT molecular complexity index is 378. The molecule has 0 aromatic heterocycles. The van der Waals surface area contributed by atoms with Crippen molar-refractivity contribution in [3.8, 4) is 0 Å². The normalized spacial score (nSPS) is 26.6. The average molecular weight is 275 g/mol. The lowest BCUT2D eigenvalue weighted by atomic mass is 9.79. The molecular weight excluding hydrogens is 246 g/mol. The van der Waals surface area contributed by atoms with Crippen molar-refractivity contribution in [2.45, 2.75) is 57.5 Å². The van der Waals surface area contributed by atoms with Gasteiger partial charge in [0.15, 0.2) is 0 Å². The van der Waals surface area contributed by atoms with Crippen LogP contribution in [-0.4, -0.2) is 18.8 Å². The lowest BCUT2D eigenvalue weighted by molar-refractivity contribution is -0.0752. The maximum Gasteiger partial charge on any atom is 0.0806 e. The molecule has 0 saturated heterocycles. The second kappa shape index (κ2) is 7.80. The summed E-state index contributed by atoms with van der Waals surface area (Å²) in [5, 5.41) is 0. The molecule has 1 aromatic rings. The second-order valence-electron chi connectivity index (χ2n) is 6.38. The van der Waals surface area contributed by atoms with Crippen molar-refractivity contribution < 1.29 is 4.74 Å². The van der Waals surface area contributed by atoms with Gasteiger partial charge in [0.2, 0.25) is 0 Å². The molecular formula is C18H29NO. The summed E-state index contributed by atoms with van der Waals surface area (Å²) in [4.78, 5) is 0. The summed E-state index contributed by atoms with van der Waals surface area (Å²) in [5.74, 6) is 0.761. The first-order valence-electron chi connectivity index (χ1n) is 8.12. The second-order valence-corrected chi connectivity index (χ2v) is 6.38. The zero-order valence-corrected chi connectivity index (χ0v) is 12.8. The molecule has 1 aromatic carbocycles. The van der Waals surface area contributed by atoms with Gasteiger partial charge >= 0.3 is 0 Å². The summed E-state index contributed by atoms with van der Waals surface area (Å²) in [6, 6.07) is 10.7. The van der Waals surface area contributed by atoms with Crippen molar-refractivity contribution in [3.05, 3.63) is 35.9 Å². The Balaban J connectivity index is 1.66. The fourth-order valence-electron chi connectivity index (χ4n) is 3.35. The molecule has 112 valence electrons. The first kappa shape index (κ1) is 15.5. The number of ether oxygens (including phenoxy) is 1. The number of hydrogen-bond acceptors (Lipinski definition) is 2. The molecule has 2 rings (SSSR count). The number of rotatable bonds is 7. The highest BCUT2D eigenvalue weighted by Gasteiger charge is 2.34. The molecule has 2 unspecified atom stereocenters. The first-order chi connectivity index (χ1) is 9.74. The van der Waals surface area contributed by atoms with Crippen LogP contribution >= 0.6 is 0 Å². The van der Waals surface area contributed by atoms with E-state index in [1.165, 1.54) is 24.8 Å². The summed E-state index contributed by atoms with van der Waals surface area (Å²) < 4.78 is 6.20. The van der Waals surface area contributed by atoms with Crippen molar-refractivity contribution in [2.75, 3.05) is 13.2 Å². The summed E-state index contributed by atoms with van der Waals surface area (Å²) in [6.45, 7) is 3.86. The van der Waals surface area contributed by atoms with Gasteiger partial charge in [0.25, 0.3) is 0 Å². The highest BCUT2D eigenvalue weighted by Crippen LogP contribution is 2.34. The van der Waals surface area contributed by atoms with Gasteiger partial charge in [-0.05, 0) is 43.6 Å². The molecule has 20 heavy (non-hydrogen) atoms. The van der Waals surface area contributed by atoms with Gasteiger partial charge in [-0.3, -0.25) is 0 Å². The lowest BCUT2D eigenvalue weighted by Crippen LogP contribution is -2.44. The van der Waals surface area contributed by atoms with Gasteiger partial charge in [0, 0.05) is 13.2 Å². The Labute approximate surface area is 123 Å². The zero-order chi connectivity index (χ0) is 14.3. The molecule has 0 amide bonds. The largest absolute Gasteiger partial charge is 0.374 e. The minimum Gasteiger partial charge on any atom is -0.374 e. The SMILES string of the molecule is CC1CCCC(CN)(OCCCCc2ccccc2)C1. The van der Waals surface area contributed by atoms with E-state index < -0.39 is 0 Å². The molecule has 1 saturated carbocycles. The molecule has 0 heterocycles. The van der Waals surface area contributed by atoms with E-state index in [1.807, 2.05) is 0 Å². The smallest absolute Gasteiger partial charge is 0.0806 e.